The van der Waals surface area contributed by atoms with Gasteiger partial charge in [-0.1, -0.05) is 11.6 Å². The molecule has 0 fully saturated rings. The van der Waals surface area contributed by atoms with Crippen LogP contribution in [0.4, 0.5) is 0 Å². The van der Waals surface area contributed by atoms with Gasteiger partial charge >= 0.3 is 5.97 Å². The molecule has 1 aromatic rings. The third-order valence-electron chi connectivity index (χ3n) is 3.53. The highest BCUT2D eigenvalue weighted by atomic mass is 35.5. The number of rotatable bonds is 4. The Bertz CT molecular complexity index is 568. The molecular weight excluding hydrogens is 343 g/mol. The van der Waals surface area contributed by atoms with E-state index >= 15 is 0 Å². The van der Waals surface area contributed by atoms with Gasteiger partial charge in [-0.25, -0.2) is 0 Å². The molecule has 1 aromatic carbocycles. The summed E-state index contributed by atoms with van der Waals surface area (Å²) in [6.07, 6.45) is 0.442. The van der Waals surface area contributed by atoms with E-state index < -0.39 is 12.0 Å². The van der Waals surface area contributed by atoms with Gasteiger partial charge in [0, 0.05) is 23.6 Å². The maximum absolute atomic E-state index is 12.3. The van der Waals surface area contributed by atoms with Gasteiger partial charge in [-0.2, -0.15) is 0 Å². The Labute approximate surface area is 146 Å². The Kier molecular flexibility index (Phi) is 7.61. The largest absolute Gasteiger partial charge is 0.491 e. The number of methoxy groups -OCH3 is 1. The van der Waals surface area contributed by atoms with Crippen molar-refractivity contribution in [2.45, 2.75) is 25.4 Å². The monoisotopic (exact) mass is 362 g/mol. The zero-order valence-electron chi connectivity index (χ0n) is 12.8. The Morgan fingerprint density at radius 2 is 2.22 bits per heavy atom. The van der Waals surface area contributed by atoms with E-state index in [0.29, 0.717) is 24.7 Å². The molecule has 0 aliphatic carbocycles. The molecule has 8 heteroatoms. The molecule has 128 valence electrons. The lowest BCUT2D eigenvalue weighted by Gasteiger charge is -2.20. The van der Waals surface area contributed by atoms with Gasteiger partial charge in [0.05, 0.1) is 13.7 Å². The van der Waals surface area contributed by atoms with Crippen LogP contribution in [0.2, 0.25) is 5.02 Å². The van der Waals surface area contributed by atoms with Gasteiger partial charge in [0.1, 0.15) is 18.4 Å². The molecule has 23 heavy (non-hydrogen) atoms. The third kappa shape index (κ3) is 5.27. The molecule has 0 radical (unpaired) electrons. The summed E-state index contributed by atoms with van der Waals surface area (Å²) in [6.45, 7) is 1.34. The highest BCUT2D eigenvalue weighted by Gasteiger charge is 2.22. The Morgan fingerprint density at radius 1 is 1.48 bits per heavy atom. The molecule has 0 saturated carbocycles. The van der Waals surface area contributed by atoms with Crippen LogP contribution >= 0.6 is 24.0 Å². The number of nitrogens with two attached hydrogens (primary N) is 1. The average molecular weight is 363 g/mol. The van der Waals surface area contributed by atoms with Crippen molar-refractivity contribution in [2.75, 3.05) is 20.3 Å². The van der Waals surface area contributed by atoms with Gasteiger partial charge in [-0.15, -0.1) is 12.4 Å². The molecule has 0 aromatic heterocycles. The first kappa shape index (κ1) is 19.5. The number of esters is 1. The maximum Gasteiger partial charge on any atom is 0.322 e. The number of halogens is 2. The fraction of sp³-hybridized carbons (Fsp3) is 0.467. The highest BCUT2D eigenvalue weighted by Crippen LogP contribution is 2.26. The van der Waals surface area contributed by atoms with Crippen molar-refractivity contribution in [1.82, 2.24) is 4.90 Å². The lowest BCUT2D eigenvalue weighted by Crippen LogP contribution is -2.36. The fourth-order valence-corrected chi connectivity index (χ4v) is 2.48. The van der Waals surface area contributed by atoms with Crippen molar-refractivity contribution in [3.63, 3.8) is 0 Å². The van der Waals surface area contributed by atoms with E-state index in [9.17, 15) is 9.59 Å². The lowest BCUT2D eigenvalue weighted by molar-refractivity contribution is -0.142. The quantitative estimate of drug-likeness (QED) is 0.825. The van der Waals surface area contributed by atoms with Gasteiger partial charge in [-0.05, 0) is 24.6 Å². The number of hydrogen-bond acceptors (Lipinski definition) is 5. The second-order valence-electron chi connectivity index (χ2n) is 5.08. The van der Waals surface area contributed by atoms with Gasteiger partial charge in [0.25, 0.3) is 0 Å². The van der Waals surface area contributed by atoms with Gasteiger partial charge in [-0.3, -0.25) is 9.59 Å². The molecule has 1 heterocycles. The highest BCUT2D eigenvalue weighted by molar-refractivity contribution is 6.30. The minimum Gasteiger partial charge on any atom is -0.491 e. The second-order valence-corrected chi connectivity index (χ2v) is 5.52. The molecule has 0 saturated heterocycles. The summed E-state index contributed by atoms with van der Waals surface area (Å²) >= 11 is 5.98. The number of ether oxygens (including phenoxy) is 2. The number of hydrogen-bond donors (Lipinski definition) is 1. The first-order valence-electron chi connectivity index (χ1n) is 7.03. The Balaban J connectivity index is 0.00000264. The number of nitrogens with zero attached hydrogens (tertiary/aromatic N) is 1. The number of carbonyl (C=O) groups is 2. The van der Waals surface area contributed by atoms with Crippen LogP contribution in [-0.4, -0.2) is 43.1 Å². The lowest BCUT2D eigenvalue weighted by atomic mass is 10.1. The normalized spacial score (nSPS) is 14.7. The third-order valence-corrected chi connectivity index (χ3v) is 3.76. The smallest absolute Gasteiger partial charge is 0.322 e. The number of amides is 1. The van der Waals surface area contributed by atoms with Crippen molar-refractivity contribution in [1.29, 1.82) is 0 Å². The molecule has 1 aliphatic rings. The number of benzene rings is 1. The van der Waals surface area contributed by atoms with Crippen LogP contribution in [0.15, 0.2) is 18.2 Å². The van der Waals surface area contributed by atoms with E-state index in [1.807, 2.05) is 0 Å². The summed E-state index contributed by atoms with van der Waals surface area (Å²) in [7, 11) is 1.27. The van der Waals surface area contributed by atoms with E-state index in [-0.39, 0.29) is 31.2 Å². The summed E-state index contributed by atoms with van der Waals surface area (Å²) in [4.78, 5) is 25.2. The summed E-state index contributed by atoms with van der Waals surface area (Å²) in [5.41, 5.74) is 6.52. The summed E-state index contributed by atoms with van der Waals surface area (Å²) in [6, 6.07) is 4.58. The zero-order chi connectivity index (χ0) is 16.1. The van der Waals surface area contributed by atoms with Crippen molar-refractivity contribution in [3.05, 3.63) is 28.8 Å². The minimum atomic E-state index is -0.779. The molecule has 2 N–H and O–H groups in total. The van der Waals surface area contributed by atoms with Crippen molar-refractivity contribution < 1.29 is 19.1 Å². The molecule has 0 spiro atoms. The van der Waals surface area contributed by atoms with Crippen LogP contribution in [0.5, 0.6) is 5.75 Å². The van der Waals surface area contributed by atoms with Crippen LogP contribution in [0.25, 0.3) is 0 Å². The van der Waals surface area contributed by atoms with Gasteiger partial charge in [0.2, 0.25) is 5.91 Å². The molecule has 1 unspecified atom stereocenters. The van der Waals surface area contributed by atoms with Gasteiger partial charge < -0.3 is 20.1 Å². The maximum atomic E-state index is 12.3. The van der Waals surface area contributed by atoms with E-state index in [1.54, 1.807) is 23.1 Å². The Morgan fingerprint density at radius 3 is 2.91 bits per heavy atom. The van der Waals surface area contributed by atoms with E-state index in [4.69, 9.17) is 22.1 Å². The van der Waals surface area contributed by atoms with Crippen LogP contribution < -0.4 is 10.5 Å². The number of fused-ring (bicyclic) bond motifs is 1. The summed E-state index contributed by atoms with van der Waals surface area (Å²) in [5, 5.41) is 0.601. The van der Waals surface area contributed by atoms with Gasteiger partial charge in [0.15, 0.2) is 0 Å². The Hall–Kier alpha value is -1.50. The van der Waals surface area contributed by atoms with Crippen LogP contribution in [0, 0.1) is 0 Å². The molecular formula is C15H20Cl2N2O4. The number of carbonyl (C=O) groups excluding carboxylic acids is 2. The van der Waals surface area contributed by atoms with E-state index in [0.717, 1.165) is 11.3 Å². The molecule has 6 nitrogen and oxygen atoms in total. The molecule has 2 rings (SSSR count). The topological polar surface area (TPSA) is 81.9 Å². The fourth-order valence-electron chi connectivity index (χ4n) is 2.28. The molecule has 0 bridgehead atoms. The predicted octanol–water partition coefficient (Wildman–Crippen LogP) is 1.76. The zero-order valence-corrected chi connectivity index (χ0v) is 14.4. The first-order chi connectivity index (χ1) is 10.5. The van der Waals surface area contributed by atoms with Crippen LogP contribution in [0.3, 0.4) is 0 Å². The average Bonchev–Trinajstić information content (AvgIpc) is 2.73. The standard InChI is InChI=1S/C15H19ClN2O4.ClH/c1-21-15(20)12(17)3-5-14(19)18-6-7-22-13-4-2-11(16)8-10(13)9-18;/h2,4,8,12H,3,5-7,9,17H2,1H3;1H. The van der Waals surface area contributed by atoms with Crippen molar-refractivity contribution in [3.8, 4) is 5.75 Å². The molecule has 1 aliphatic heterocycles. The summed E-state index contributed by atoms with van der Waals surface area (Å²) < 4.78 is 10.2. The second kappa shape index (κ2) is 8.96. The van der Waals surface area contributed by atoms with Crippen molar-refractivity contribution >= 4 is 35.9 Å². The van der Waals surface area contributed by atoms with E-state index in [1.165, 1.54) is 7.11 Å². The minimum absolute atomic E-state index is 0. The summed E-state index contributed by atoms with van der Waals surface area (Å²) in [5.74, 6) is 0.158. The predicted molar refractivity (Wildman–Crippen MR) is 88.8 cm³/mol. The van der Waals surface area contributed by atoms with Crippen molar-refractivity contribution in [2.24, 2.45) is 5.73 Å². The SMILES string of the molecule is COC(=O)C(N)CCC(=O)N1CCOc2ccc(Cl)cc2C1.Cl. The molecule has 1 amide bonds. The molecule has 1 atom stereocenters. The van der Waals surface area contributed by atoms with Crippen LogP contribution in [0.1, 0.15) is 18.4 Å². The van der Waals surface area contributed by atoms with Crippen LogP contribution in [-0.2, 0) is 20.9 Å². The first-order valence-corrected chi connectivity index (χ1v) is 7.41. The van der Waals surface area contributed by atoms with E-state index in [2.05, 4.69) is 4.74 Å².